The number of likely N-dealkylation sites (tertiary alicyclic amines) is 1. The highest BCUT2D eigenvalue weighted by Crippen LogP contribution is 2.27. The number of nitrogens with one attached hydrogen (secondary N) is 2. The summed E-state index contributed by atoms with van der Waals surface area (Å²) in [6, 6.07) is -0.288. The Kier molecular flexibility index (Phi) is 2.55. The Morgan fingerprint density at radius 3 is 2.56 bits per heavy atom. The van der Waals surface area contributed by atoms with Crippen LogP contribution in [0.1, 0.15) is 0 Å². The van der Waals surface area contributed by atoms with Crippen molar-refractivity contribution >= 4 is 22.9 Å². The van der Waals surface area contributed by atoms with E-state index in [9.17, 15) is 9.59 Å². The van der Waals surface area contributed by atoms with Crippen molar-refractivity contribution in [3.05, 3.63) is 0 Å². The van der Waals surface area contributed by atoms with Crippen molar-refractivity contribution < 1.29 is 9.59 Å². The minimum Gasteiger partial charge on any atom is -0.340 e. The van der Waals surface area contributed by atoms with Crippen LogP contribution in [0.3, 0.4) is 0 Å². The van der Waals surface area contributed by atoms with Crippen molar-refractivity contribution in [2.75, 3.05) is 31.9 Å². The quantitative estimate of drug-likeness (QED) is 0.649. The maximum atomic E-state index is 12.1. The molecule has 2 N–H and O–H groups in total. The van der Waals surface area contributed by atoms with Crippen LogP contribution in [0, 0.1) is 11.8 Å². The van der Waals surface area contributed by atoms with Gasteiger partial charge in [0.15, 0.2) is 0 Å². The molecule has 3 atom stereocenters. The van der Waals surface area contributed by atoms with Crippen molar-refractivity contribution in [2.45, 2.75) is 6.04 Å². The Balaban J connectivity index is 1.62. The van der Waals surface area contributed by atoms with Gasteiger partial charge in [0.25, 0.3) is 5.24 Å². The van der Waals surface area contributed by atoms with Crippen LogP contribution in [0.4, 0.5) is 4.79 Å². The van der Waals surface area contributed by atoms with Crippen molar-refractivity contribution in [3.8, 4) is 0 Å². The summed E-state index contributed by atoms with van der Waals surface area (Å²) >= 11 is 1.20. The molecule has 0 aliphatic carbocycles. The fraction of sp³-hybridized carbons (Fsp3) is 0.800. The van der Waals surface area contributed by atoms with Gasteiger partial charge in [-0.2, -0.15) is 0 Å². The number of fused-ring (bicyclic) bond motifs is 1. The van der Waals surface area contributed by atoms with E-state index in [1.54, 1.807) is 0 Å². The number of amides is 2. The summed E-state index contributed by atoms with van der Waals surface area (Å²) in [5.41, 5.74) is 0. The van der Waals surface area contributed by atoms with Gasteiger partial charge in [0.1, 0.15) is 6.04 Å². The van der Waals surface area contributed by atoms with Gasteiger partial charge in [-0.25, -0.2) is 0 Å². The summed E-state index contributed by atoms with van der Waals surface area (Å²) in [7, 11) is 0. The molecule has 3 aliphatic heterocycles. The SMILES string of the molecule is O=C1NC(C(=O)N2CC3CNCC3C2)CS1. The molecule has 0 aromatic rings. The lowest BCUT2D eigenvalue weighted by molar-refractivity contribution is -0.131. The van der Waals surface area contributed by atoms with Crippen LogP contribution >= 0.6 is 11.8 Å². The third kappa shape index (κ3) is 1.69. The Bertz CT molecular complexity index is 324. The molecule has 88 valence electrons. The highest BCUT2D eigenvalue weighted by Gasteiger charge is 2.41. The molecular weight excluding hydrogens is 226 g/mol. The Labute approximate surface area is 98.3 Å². The molecule has 6 heteroatoms. The zero-order valence-corrected chi connectivity index (χ0v) is 9.76. The normalized spacial score (nSPS) is 37.6. The van der Waals surface area contributed by atoms with Gasteiger partial charge in [-0.05, 0) is 11.8 Å². The van der Waals surface area contributed by atoms with Crippen molar-refractivity contribution in [3.63, 3.8) is 0 Å². The minimum absolute atomic E-state index is 0.0700. The van der Waals surface area contributed by atoms with Crippen molar-refractivity contribution in [1.29, 1.82) is 0 Å². The molecule has 0 aromatic heterocycles. The minimum atomic E-state index is -0.288. The molecule has 2 amide bonds. The van der Waals surface area contributed by atoms with Gasteiger partial charge in [0.2, 0.25) is 5.91 Å². The third-order valence-electron chi connectivity index (χ3n) is 3.67. The molecule has 0 aromatic carbocycles. The zero-order chi connectivity index (χ0) is 11.1. The molecule has 0 saturated carbocycles. The summed E-state index contributed by atoms with van der Waals surface area (Å²) in [5.74, 6) is 1.93. The van der Waals surface area contributed by atoms with E-state index in [1.807, 2.05) is 4.90 Å². The number of hydrogen-bond donors (Lipinski definition) is 2. The molecule has 5 nitrogen and oxygen atoms in total. The van der Waals surface area contributed by atoms with Crippen LogP contribution in [-0.2, 0) is 4.79 Å². The van der Waals surface area contributed by atoms with Gasteiger partial charge in [-0.3, -0.25) is 9.59 Å². The average Bonchev–Trinajstić information content (AvgIpc) is 2.89. The smallest absolute Gasteiger partial charge is 0.279 e. The van der Waals surface area contributed by atoms with Gasteiger partial charge in [0, 0.05) is 31.9 Å². The third-order valence-corrected chi connectivity index (χ3v) is 4.55. The molecule has 3 heterocycles. The molecule has 16 heavy (non-hydrogen) atoms. The summed E-state index contributed by atoms with van der Waals surface area (Å²) < 4.78 is 0. The van der Waals surface area contributed by atoms with Crippen LogP contribution in [-0.4, -0.2) is 54.0 Å². The first-order valence-electron chi connectivity index (χ1n) is 5.67. The largest absolute Gasteiger partial charge is 0.340 e. The van der Waals surface area contributed by atoms with E-state index >= 15 is 0 Å². The second kappa shape index (κ2) is 3.92. The fourth-order valence-electron chi connectivity index (χ4n) is 2.77. The summed E-state index contributed by atoms with van der Waals surface area (Å²) in [6.45, 7) is 3.77. The monoisotopic (exact) mass is 241 g/mol. The van der Waals surface area contributed by atoms with Gasteiger partial charge in [0.05, 0.1) is 0 Å². The van der Waals surface area contributed by atoms with Crippen molar-refractivity contribution in [2.24, 2.45) is 11.8 Å². The maximum Gasteiger partial charge on any atom is 0.279 e. The second-order valence-corrected chi connectivity index (χ2v) is 5.71. The predicted molar refractivity (Wildman–Crippen MR) is 61.2 cm³/mol. The number of carbonyl (C=O) groups excluding carboxylic acids is 2. The van der Waals surface area contributed by atoms with Crippen molar-refractivity contribution in [1.82, 2.24) is 15.5 Å². The lowest BCUT2D eigenvalue weighted by atomic mass is 10.0. The van der Waals surface area contributed by atoms with Crippen LogP contribution in [0.5, 0.6) is 0 Å². The van der Waals surface area contributed by atoms with Crippen LogP contribution in [0.2, 0.25) is 0 Å². The number of carbonyl (C=O) groups is 2. The molecule has 3 rings (SSSR count). The molecule has 3 unspecified atom stereocenters. The maximum absolute atomic E-state index is 12.1. The van der Waals surface area contributed by atoms with Crippen LogP contribution in [0.25, 0.3) is 0 Å². The molecule has 0 spiro atoms. The van der Waals surface area contributed by atoms with E-state index in [0.29, 0.717) is 17.6 Å². The van der Waals surface area contributed by atoms with E-state index in [1.165, 1.54) is 11.8 Å². The summed E-state index contributed by atoms with van der Waals surface area (Å²) in [4.78, 5) is 25.1. The first kappa shape index (κ1) is 10.4. The Morgan fingerprint density at radius 1 is 1.31 bits per heavy atom. The lowest BCUT2D eigenvalue weighted by Gasteiger charge is -2.20. The predicted octanol–water partition coefficient (Wildman–Crippen LogP) is -0.511. The van der Waals surface area contributed by atoms with Crippen LogP contribution in [0.15, 0.2) is 0 Å². The molecule has 0 bridgehead atoms. The number of hydrogen-bond acceptors (Lipinski definition) is 4. The Hall–Kier alpha value is -0.750. The summed E-state index contributed by atoms with van der Waals surface area (Å²) in [6.07, 6.45) is 0. The Morgan fingerprint density at radius 2 is 2.00 bits per heavy atom. The van der Waals surface area contributed by atoms with E-state index in [4.69, 9.17) is 0 Å². The van der Waals surface area contributed by atoms with E-state index in [2.05, 4.69) is 10.6 Å². The fourth-order valence-corrected chi connectivity index (χ4v) is 3.54. The zero-order valence-electron chi connectivity index (χ0n) is 8.94. The standard InChI is InChI=1S/C10H15N3O2S/c14-9(8-5-16-10(15)12-8)13-3-6-1-11-2-7(6)4-13/h6-8,11H,1-5H2,(H,12,15). The molecular formula is C10H15N3O2S. The highest BCUT2D eigenvalue weighted by molar-refractivity contribution is 8.14. The number of nitrogens with zero attached hydrogens (tertiary/aromatic N) is 1. The average molecular weight is 241 g/mol. The topological polar surface area (TPSA) is 61.4 Å². The molecule has 3 aliphatic rings. The molecule has 3 fully saturated rings. The van der Waals surface area contributed by atoms with Gasteiger partial charge < -0.3 is 15.5 Å². The molecule has 0 radical (unpaired) electrons. The molecule has 3 saturated heterocycles. The second-order valence-electron chi connectivity index (χ2n) is 4.72. The van der Waals surface area contributed by atoms with Crippen LogP contribution < -0.4 is 10.6 Å². The van der Waals surface area contributed by atoms with E-state index in [-0.39, 0.29) is 17.2 Å². The highest BCUT2D eigenvalue weighted by atomic mass is 32.2. The van der Waals surface area contributed by atoms with Gasteiger partial charge >= 0.3 is 0 Å². The first-order valence-corrected chi connectivity index (χ1v) is 6.65. The number of rotatable bonds is 1. The van der Waals surface area contributed by atoms with E-state index < -0.39 is 0 Å². The lowest BCUT2D eigenvalue weighted by Crippen LogP contribution is -2.45. The first-order chi connectivity index (χ1) is 7.74. The summed E-state index contributed by atoms with van der Waals surface area (Å²) in [5, 5.41) is 5.99. The van der Waals surface area contributed by atoms with E-state index in [0.717, 1.165) is 26.2 Å². The van der Waals surface area contributed by atoms with Gasteiger partial charge in [-0.1, -0.05) is 11.8 Å². The number of thioether (sulfide) groups is 1. The van der Waals surface area contributed by atoms with Gasteiger partial charge in [-0.15, -0.1) is 0 Å².